The van der Waals surface area contributed by atoms with Crippen molar-refractivity contribution in [3.63, 3.8) is 0 Å². The molecule has 5 rings (SSSR count). The monoisotopic (exact) mass is 967 g/mol. The van der Waals surface area contributed by atoms with Gasteiger partial charge in [-0.25, -0.2) is 0 Å². The molecule has 0 aliphatic rings. The van der Waals surface area contributed by atoms with E-state index in [1.165, 1.54) is 104 Å². The molecule has 7 heteroatoms. The van der Waals surface area contributed by atoms with Gasteiger partial charge in [0.1, 0.15) is 0 Å². The number of pyridine rings is 5. The number of unbranched alkanes of at least 4 members (excludes halogenated alkanes) is 6. The van der Waals surface area contributed by atoms with E-state index in [-0.39, 0.29) is 0 Å². The van der Waals surface area contributed by atoms with Gasteiger partial charge < -0.3 is 0 Å². The van der Waals surface area contributed by atoms with Crippen LogP contribution in [0.5, 0.6) is 0 Å². The van der Waals surface area contributed by atoms with Gasteiger partial charge in [0.2, 0.25) is 0 Å². The zero-order chi connectivity index (χ0) is 39.6. The molecule has 5 aromatic rings. The second-order valence-electron chi connectivity index (χ2n) is 16.3. The van der Waals surface area contributed by atoms with Gasteiger partial charge >= 0.3 is 351 Å². The van der Waals surface area contributed by atoms with Gasteiger partial charge in [0, 0.05) is 0 Å². The minimum absolute atomic E-state index is 0.924. The van der Waals surface area contributed by atoms with Gasteiger partial charge in [0.05, 0.1) is 0 Å². The van der Waals surface area contributed by atoms with E-state index in [1.54, 1.807) is 7.16 Å². The van der Waals surface area contributed by atoms with Crippen molar-refractivity contribution in [2.75, 3.05) is 0 Å². The Balaban J connectivity index is 1.72. The number of aromatic nitrogens is 5. The van der Waals surface area contributed by atoms with Crippen molar-refractivity contribution >= 4 is 43.9 Å². The molecule has 0 saturated carbocycles. The first-order valence-electron chi connectivity index (χ1n) is 22.3. The van der Waals surface area contributed by atoms with E-state index in [1.807, 2.05) is 24.5 Å². The molecule has 0 aromatic carbocycles. The van der Waals surface area contributed by atoms with Crippen molar-refractivity contribution < 1.29 is 0 Å². The molecule has 5 nitrogen and oxygen atoms in total. The average molecular weight is 966 g/mol. The molecule has 0 aliphatic carbocycles. The second-order valence-corrected chi connectivity index (χ2v) is 42.7. The fraction of sp³-hybridized carbons (Fsp3) is 0.490. The molecule has 56 heavy (non-hydrogen) atoms. The molecular formula is C49H69N5Sn2. The van der Waals surface area contributed by atoms with Crippen LogP contribution >= 0.6 is 0 Å². The molecule has 0 unspecified atom stereocenters. The summed E-state index contributed by atoms with van der Waals surface area (Å²) in [5, 5.41) is 0. The molecule has 0 fully saturated rings. The summed E-state index contributed by atoms with van der Waals surface area (Å²) in [6.07, 6.45) is 19.2. The quantitative estimate of drug-likeness (QED) is 0.0577. The van der Waals surface area contributed by atoms with Crippen LogP contribution < -0.4 is 7.16 Å². The van der Waals surface area contributed by atoms with Gasteiger partial charge in [-0.1, -0.05) is 0 Å². The zero-order valence-electron chi connectivity index (χ0n) is 35.6. The normalized spacial score (nSPS) is 12.0. The van der Waals surface area contributed by atoms with Crippen LogP contribution in [0.3, 0.4) is 0 Å². The Morgan fingerprint density at radius 3 is 0.911 bits per heavy atom. The third-order valence-electron chi connectivity index (χ3n) is 12.1. The van der Waals surface area contributed by atoms with Crippen molar-refractivity contribution in [2.45, 2.75) is 145 Å². The summed E-state index contributed by atoms with van der Waals surface area (Å²) in [4.78, 5) is 25.9. The number of rotatable bonds is 24. The van der Waals surface area contributed by atoms with Crippen LogP contribution in [-0.2, 0) is 0 Å². The zero-order valence-corrected chi connectivity index (χ0v) is 41.3. The van der Waals surface area contributed by atoms with E-state index < -0.39 is 36.8 Å². The predicted octanol–water partition coefficient (Wildman–Crippen LogP) is 13.4. The summed E-state index contributed by atoms with van der Waals surface area (Å²) in [5.74, 6) is 0. The molecule has 5 aromatic heterocycles. The summed E-state index contributed by atoms with van der Waals surface area (Å²) < 4.78 is 11.6. The van der Waals surface area contributed by atoms with Crippen molar-refractivity contribution in [3.8, 4) is 45.6 Å². The van der Waals surface area contributed by atoms with E-state index in [4.69, 9.17) is 24.9 Å². The minimum atomic E-state index is -2.86. The molecule has 5 heterocycles. The van der Waals surface area contributed by atoms with E-state index in [0.717, 1.165) is 45.6 Å². The number of nitrogens with zero attached hydrogens (tertiary/aromatic N) is 5. The Kier molecular flexibility index (Phi) is 18.3. The Labute approximate surface area is 348 Å². The summed E-state index contributed by atoms with van der Waals surface area (Å²) in [6, 6.07) is 28.7. The average Bonchev–Trinajstić information content (AvgIpc) is 3.26. The maximum absolute atomic E-state index is 5.48. The summed E-state index contributed by atoms with van der Waals surface area (Å²) >= 11 is -5.71. The fourth-order valence-corrected chi connectivity index (χ4v) is 40.6. The van der Waals surface area contributed by atoms with Crippen LogP contribution in [0.1, 0.15) is 119 Å². The molecule has 0 amide bonds. The fourth-order valence-electron chi connectivity index (χ4n) is 8.65. The Bertz CT molecular complexity index is 1720. The maximum atomic E-state index is 5.48. The SMILES string of the molecule is CCC[CH2][Sn]([CH2]CCC)([CH2]CCC)[c]1cc(-c2ccccn2)nc(-c2cccc(-c3c[c]([Sn]([CH2]CCC)([CH2]CCC)[CH2]CCC)cc(-c4ccccn4)n3)n2)c1. The summed E-state index contributed by atoms with van der Waals surface area (Å²) in [5.41, 5.74) is 7.64. The van der Waals surface area contributed by atoms with Crippen molar-refractivity contribution in [2.24, 2.45) is 0 Å². The molecule has 0 radical (unpaired) electrons. The van der Waals surface area contributed by atoms with Crippen molar-refractivity contribution in [1.82, 2.24) is 24.9 Å². The van der Waals surface area contributed by atoms with Gasteiger partial charge in [-0.3, -0.25) is 0 Å². The molecule has 0 saturated heterocycles. The van der Waals surface area contributed by atoms with Crippen molar-refractivity contribution in [3.05, 3.63) is 91.3 Å². The third-order valence-corrected chi connectivity index (χ3v) is 43.1. The number of hydrogen-bond donors (Lipinski definition) is 0. The van der Waals surface area contributed by atoms with E-state index in [9.17, 15) is 0 Å². The standard InChI is InChI=1S/C25H15N5.6C4H9.2Sn/c1-3-16-26-18(8-1)20-10-5-12-22(28-20)24-14-7-15-25(30-24)23-13-6-11-21(29-23)19-9-2-4-17-27-19;6*1-3-4-2;;/h1-4,7-17H;6*1,3-4H2,2H3;;. The summed E-state index contributed by atoms with van der Waals surface area (Å²) in [6.45, 7) is 14.1. The first-order valence-corrected chi connectivity index (χ1v) is 37.3. The van der Waals surface area contributed by atoms with E-state index in [2.05, 4.69) is 108 Å². The molecule has 0 spiro atoms. The first kappa shape index (κ1) is 44.5. The van der Waals surface area contributed by atoms with Gasteiger partial charge in [-0.2, -0.15) is 0 Å². The van der Waals surface area contributed by atoms with Crippen molar-refractivity contribution in [1.29, 1.82) is 0 Å². The molecule has 0 N–H and O–H groups in total. The van der Waals surface area contributed by atoms with E-state index >= 15 is 0 Å². The predicted molar refractivity (Wildman–Crippen MR) is 246 cm³/mol. The molecule has 0 bridgehead atoms. The first-order chi connectivity index (χ1) is 27.4. The van der Waals surface area contributed by atoms with Crippen LogP contribution in [0.15, 0.2) is 91.3 Å². The topological polar surface area (TPSA) is 64.5 Å². The van der Waals surface area contributed by atoms with Gasteiger partial charge in [-0.05, 0) is 0 Å². The molecule has 0 aliphatic heterocycles. The van der Waals surface area contributed by atoms with Gasteiger partial charge in [-0.15, -0.1) is 0 Å². The Morgan fingerprint density at radius 2 is 0.625 bits per heavy atom. The second kappa shape index (κ2) is 23.1. The van der Waals surface area contributed by atoms with Crippen LogP contribution in [0.2, 0.25) is 26.6 Å². The van der Waals surface area contributed by atoms with Gasteiger partial charge in [0.15, 0.2) is 0 Å². The van der Waals surface area contributed by atoms with Gasteiger partial charge in [0.25, 0.3) is 0 Å². The van der Waals surface area contributed by atoms with Crippen LogP contribution in [-0.4, -0.2) is 61.7 Å². The van der Waals surface area contributed by atoms with Crippen LogP contribution in [0.25, 0.3) is 45.6 Å². The molecular weight excluding hydrogens is 896 g/mol. The summed E-state index contributed by atoms with van der Waals surface area (Å²) in [7, 11) is 0. The third kappa shape index (κ3) is 11.7. The Morgan fingerprint density at radius 1 is 0.339 bits per heavy atom. The number of hydrogen-bond acceptors (Lipinski definition) is 5. The molecule has 0 atom stereocenters. The van der Waals surface area contributed by atoms with E-state index in [0.29, 0.717) is 0 Å². The molecule has 298 valence electrons. The van der Waals surface area contributed by atoms with Crippen LogP contribution in [0.4, 0.5) is 0 Å². The Hall–Kier alpha value is -2.65. The van der Waals surface area contributed by atoms with Crippen LogP contribution in [0, 0.1) is 0 Å².